The van der Waals surface area contributed by atoms with Crippen LogP contribution in [0.1, 0.15) is 38.5 Å². The Morgan fingerprint density at radius 3 is 2.68 bits per heavy atom. The predicted octanol–water partition coefficient (Wildman–Crippen LogP) is 3.69. The summed E-state index contributed by atoms with van der Waals surface area (Å²) in [6, 6.07) is 7.67. The van der Waals surface area contributed by atoms with Crippen LogP contribution in [-0.4, -0.2) is 34.5 Å². The second-order valence-corrected chi connectivity index (χ2v) is 7.12. The summed E-state index contributed by atoms with van der Waals surface area (Å²) in [5, 5.41) is 12.7. The molecule has 0 radical (unpaired) electrons. The summed E-state index contributed by atoms with van der Waals surface area (Å²) in [6.45, 7) is 0.618. The maximum absolute atomic E-state index is 12.3. The fraction of sp³-hybridized carbons (Fsp3) is 0.474. The molecule has 1 unspecified atom stereocenters. The highest BCUT2D eigenvalue weighted by molar-refractivity contribution is 5.89. The maximum atomic E-state index is 12.3. The van der Waals surface area contributed by atoms with Crippen molar-refractivity contribution in [2.45, 2.75) is 50.2 Å². The van der Waals surface area contributed by atoms with Crippen LogP contribution < -0.4 is 10.6 Å². The number of aromatic amines is 1. The minimum absolute atomic E-state index is 0.0163. The van der Waals surface area contributed by atoms with E-state index in [0.717, 1.165) is 36.1 Å². The molecule has 2 amide bonds. The van der Waals surface area contributed by atoms with Gasteiger partial charge in [0.25, 0.3) is 0 Å². The lowest BCUT2D eigenvalue weighted by molar-refractivity contribution is -0.0245. The first-order valence-electron chi connectivity index (χ1n) is 9.03. The van der Waals surface area contributed by atoms with Gasteiger partial charge in [0, 0.05) is 17.4 Å². The average molecular weight is 340 g/mol. The molecule has 2 heterocycles. The van der Waals surface area contributed by atoms with Crippen LogP contribution >= 0.6 is 0 Å². The third-order valence-electron chi connectivity index (χ3n) is 5.28. The van der Waals surface area contributed by atoms with Crippen molar-refractivity contribution >= 4 is 11.7 Å². The molecule has 132 valence electrons. The van der Waals surface area contributed by atoms with Crippen LogP contribution in [0.25, 0.3) is 11.1 Å². The smallest absolute Gasteiger partial charge is 0.319 e. The molecule has 1 aromatic carbocycles. The van der Waals surface area contributed by atoms with Gasteiger partial charge in [-0.3, -0.25) is 5.10 Å². The molecule has 1 saturated carbocycles. The number of hydrogen-bond acceptors (Lipinski definition) is 3. The van der Waals surface area contributed by atoms with Gasteiger partial charge in [-0.25, -0.2) is 4.79 Å². The molecule has 2 aliphatic rings. The van der Waals surface area contributed by atoms with Crippen molar-refractivity contribution in [3.8, 4) is 11.1 Å². The van der Waals surface area contributed by atoms with E-state index in [-0.39, 0.29) is 17.7 Å². The van der Waals surface area contributed by atoms with Gasteiger partial charge in [-0.05, 0) is 37.0 Å². The molecular weight excluding hydrogens is 316 g/mol. The summed E-state index contributed by atoms with van der Waals surface area (Å²) in [5.74, 6) is 0. The molecule has 1 aliphatic carbocycles. The number of carbonyl (C=O) groups excluding carboxylic acids is 1. The van der Waals surface area contributed by atoms with Crippen molar-refractivity contribution in [1.82, 2.24) is 15.5 Å². The second-order valence-electron chi connectivity index (χ2n) is 7.12. The minimum atomic E-state index is -0.169. The van der Waals surface area contributed by atoms with E-state index in [1.807, 2.05) is 30.5 Å². The van der Waals surface area contributed by atoms with Gasteiger partial charge in [-0.15, -0.1) is 0 Å². The zero-order chi connectivity index (χ0) is 17.1. The van der Waals surface area contributed by atoms with Gasteiger partial charge in [-0.2, -0.15) is 5.10 Å². The van der Waals surface area contributed by atoms with Gasteiger partial charge in [0.05, 0.1) is 24.4 Å². The number of rotatable bonds is 3. The molecule has 2 aromatic rings. The minimum Gasteiger partial charge on any atom is -0.373 e. The Bertz CT molecular complexity index is 706. The van der Waals surface area contributed by atoms with Crippen molar-refractivity contribution in [3.63, 3.8) is 0 Å². The predicted molar refractivity (Wildman–Crippen MR) is 96.4 cm³/mol. The van der Waals surface area contributed by atoms with Crippen LogP contribution in [0.2, 0.25) is 0 Å². The summed E-state index contributed by atoms with van der Waals surface area (Å²) in [6.07, 6.45) is 10.6. The number of benzene rings is 1. The molecule has 1 saturated heterocycles. The van der Waals surface area contributed by atoms with Gasteiger partial charge in [0.1, 0.15) is 0 Å². The molecule has 1 atom stereocenters. The van der Waals surface area contributed by atoms with Crippen LogP contribution in [-0.2, 0) is 4.74 Å². The van der Waals surface area contributed by atoms with E-state index in [1.54, 1.807) is 6.20 Å². The molecule has 6 heteroatoms. The quantitative estimate of drug-likeness (QED) is 0.797. The van der Waals surface area contributed by atoms with Crippen LogP contribution in [0.5, 0.6) is 0 Å². The van der Waals surface area contributed by atoms with E-state index >= 15 is 0 Å². The number of ether oxygens (including phenoxy) is 1. The van der Waals surface area contributed by atoms with Crippen LogP contribution in [0.4, 0.5) is 10.5 Å². The molecule has 25 heavy (non-hydrogen) atoms. The molecule has 1 aliphatic heterocycles. The SMILES string of the molecule is O=C(Nc1ccc(-c2cn[nH]c2)cc1)NC1COC2(CCCCC2)C1. The first kappa shape index (κ1) is 16.1. The normalized spacial score (nSPS) is 22.0. The van der Waals surface area contributed by atoms with Crippen molar-refractivity contribution in [1.29, 1.82) is 0 Å². The van der Waals surface area contributed by atoms with Crippen LogP contribution in [0, 0.1) is 0 Å². The third kappa shape index (κ3) is 3.69. The van der Waals surface area contributed by atoms with Gasteiger partial charge < -0.3 is 15.4 Å². The summed E-state index contributed by atoms with van der Waals surface area (Å²) >= 11 is 0. The zero-order valence-corrected chi connectivity index (χ0v) is 14.3. The molecule has 2 fully saturated rings. The Hall–Kier alpha value is -2.34. The van der Waals surface area contributed by atoms with E-state index in [0.29, 0.717) is 6.61 Å². The fourth-order valence-corrected chi connectivity index (χ4v) is 3.99. The zero-order valence-electron chi connectivity index (χ0n) is 14.3. The van der Waals surface area contributed by atoms with Gasteiger partial charge >= 0.3 is 6.03 Å². The molecule has 6 nitrogen and oxygen atoms in total. The number of carbonyl (C=O) groups is 1. The Kier molecular flexibility index (Phi) is 4.44. The average Bonchev–Trinajstić information content (AvgIpc) is 3.27. The molecule has 0 bridgehead atoms. The lowest BCUT2D eigenvalue weighted by Gasteiger charge is -2.32. The first-order chi connectivity index (χ1) is 12.2. The monoisotopic (exact) mass is 340 g/mol. The molecule has 1 spiro atoms. The summed E-state index contributed by atoms with van der Waals surface area (Å²) < 4.78 is 6.05. The highest BCUT2D eigenvalue weighted by Crippen LogP contribution is 2.39. The second kappa shape index (κ2) is 6.88. The highest BCUT2D eigenvalue weighted by Gasteiger charge is 2.41. The van der Waals surface area contributed by atoms with Crippen molar-refractivity contribution in [2.75, 3.05) is 11.9 Å². The molecular formula is C19H24N4O2. The van der Waals surface area contributed by atoms with Crippen LogP contribution in [0.3, 0.4) is 0 Å². The number of amides is 2. The lowest BCUT2D eigenvalue weighted by atomic mass is 9.82. The molecule has 1 aromatic heterocycles. The molecule has 4 rings (SSSR count). The van der Waals surface area contributed by atoms with E-state index in [9.17, 15) is 4.79 Å². The van der Waals surface area contributed by atoms with E-state index in [1.165, 1.54) is 19.3 Å². The van der Waals surface area contributed by atoms with Gasteiger partial charge in [-0.1, -0.05) is 31.4 Å². The first-order valence-corrected chi connectivity index (χ1v) is 9.03. The maximum Gasteiger partial charge on any atom is 0.319 e. The van der Waals surface area contributed by atoms with Crippen molar-refractivity contribution in [2.24, 2.45) is 0 Å². The van der Waals surface area contributed by atoms with Crippen LogP contribution in [0.15, 0.2) is 36.7 Å². The van der Waals surface area contributed by atoms with Gasteiger partial charge in [0.2, 0.25) is 0 Å². The number of aromatic nitrogens is 2. The summed E-state index contributed by atoms with van der Waals surface area (Å²) in [4.78, 5) is 12.3. The fourth-order valence-electron chi connectivity index (χ4n) is 3.99. The lowest BCUT2D eigenvalue weighted by Crippen LogP contribution is -2.39. The Balaban J connectivity index is 1.30. The topological polar surface area (TPSA) is 79.0 Å². The number of H-pyrrole nitrogens is 1. The Labute approximate surface area is 147 Å². The number of nitrogens with one attached hydrogen (secondary N) is 3. The number of urea groups is 1. The molecule has 3 N–H and O–H groups in total. The van der Waals surface area contributed by atoms with E-state index in [4.69, 9.17) is 4.74 Å². The largest absolute Gasteiger partial charge is 0.373 e. The standard InChI is InChI=1S/C19H24N4O2/c24-18(23-17-10-19(25-13-17)8-2-1-3-9-19)22-16-6-4-14(5-7-16)15-11-20-21-12-15/h4-7,11-12,17H,1-3,8-10,13H2,(H,20,21)(H2,22,23,24). The summed E-state index contributed by atoms with van der Waals surface area (Å²) in [5.41, 5.74) is 2.87. The van der Waals surface area contributed by atoms with Crippen molar-refractivity contribution in [3.05, 3.63) is 36.7 Å². The van der Waals surface area contributed by atoms with Gasteiger partial charge in [0.15, 0.2) is 0 Å². The number of hydrogen-bond donors (Lipinski definition) is 3. The van der Waals surface area contributed by atoms with Crippen molar-refractivity contribution < 1.29 is 9.53 Å². The number of anilines is 1. The Morgan fingerprint density at radius 1 is 1.16 bits per heavy atom. The number of nitrogens with zero attached hydrogens (tertiary/aromatic N) is 1. The van der Waals surface area contributed by atoms with E-state index in [2.05, 4.69) is 20.8 Å². The summed E-state index contributed by atoms with van der Waals surface area (Å²) in [7, 11) is 0. The van der Waals surface area contributed by atoms with E-state index < -0.39 is 0 Å². The third-order valence-corrected chi connectivity index (χ3v) is 5.28. The highest BCUT2D eigenvalue weighted by atomic mass is 16.5. The Morgan fingerprint density at radius 2 is 1.96 bits per heavy atom.